The van der Waals surface area contributed by atoms with E-state index in [0.29, 0.717) is 5.69 Å². The van der Waals surface area contributed by atoms with E-state index in [1.54, 1.807) is 6.92 Å². The molecule has 0 aliphatic carbocycles. The molecule has 2 N–H and O–H groups in total. The fourth-order valence-electron chi connectivity index (χ4n) is 2.03. The average Bonchev–Trinajstić information content (AvgIpc) is 2.52. The summed E-state index contributed by atoms with van der Waals surface area (Å²) in [6, 6.07) is 5.80. The molecule has 2 aromatic rings. The van der Waals surface area contributed by atoms with Gasteiger partial charge >= 0.3 is 5.69 Å². The molecule has 6 nitrogen and oxygen atoms in total. The summed E-state index contributed by atoms with van der Waals surface area (Å²) in [4.78, 5) is 10.4. The van der Waals surface area contributed by atoms with Gasteiger partial charge in [-0.25, -0.2) is 4.68 Å². The second-order valence-electron chi connectivity index (χ2n) is 4.33. The van der Waals surface area contributed by atoms with Gasteiger partial charge in [-0.2, -0.15) is 5.10 Å². The normalized spacial score (nSPS) is 10.6. The maximum atomic E-state index is 10.9. The van der Waals surface area contributed by atoms with E-state index in [9.17, 15) is 10.1 Å². The fourth-order valence-corrected chi connectivity index (χ4v) is 2.03. The Hall–Kier alpha value is -2.37. The molecule has 0 spiro atoms. The summed E-state index contributed by atoms with van der Waals surface area (Å²) >= 11 is 0. The Morgan fingerprint density at radius 3 is 2.22 bits per heavy atom. The minimum atomic E-state index is -0.503. The molecule has 94 valence electrons. The monoisotopic (exact) mass is 246 g/mol. The van der Waals surface area contributed by atoms with Gasteiger partial charge in [0, 0.05) is 0 Å². The van der Waals surface area contributed by atoms with Crippen molar-refractivity contribution in [3.63, 3.8) is 0 Å². The summed E-state index contributed by atoms with van der Waals surface area (Å²) in [6.07, 6.45) is 0. The molecule has 1 aromatic heterocycles. The minimum Gasteiger partial charge on any atom is -0.378 e. The Kier molecular flexibility index (Phi) is 2.78. The summed E-state index contributed by atoms with van der Waals surface area (Å²) < 4.78 is 1.41. The maximum absolute atomic E-state index is 10.9. The van der Waals surface area contributed by atoms with Crippen molar-refractivity contribution in [2.75, 3.05) is 5.73 Å². The maximum Gasteiger partial charge on any atom is 0.333 e. The molecular formula is C12H14N4O2. The first-order chi connectivity index (χ1) is 8.40. The number of aryl methyl sites for hydroxylation is 3. The van der Waals surface area contributed by atoms with Crippen LogP contribution >= 0.6 is 0 Å². The number of nitrogens with zero attached hydrogens (tertiary/aromatic N) is 3. The van der Waals surface area contributed by atoms with Gasteiger partial charge in [0.05, 0.1) is 10.6 Å². The van der Waals surface area contributed by atoms with E-state index in [2.05, 4.69) is 5.10 Å². The van der Waals surface area contributed by atoms with Crippen molar-refractivity contribution in [3.05, 3.63) is 45.1 Å². The quantitative estimate of drug-likeness (QED) is 0.650. The molecule has 0 atom stereocenters. The third kappa shape index (κ3) is 1.92. The first-order valence-corrected chi connectivity index (χ1v) is 5.48. The predicted octanol–water partition coefficient (Wildman–Crippen LogP) is 2.29. The van der Waals surface area contributed by atoms with E-state index in [0.717, 1.165) is 16.8 Å². The minimum absolute atomic E-state index is 0.0579. The van der Waals surface area contributed by atoms with Crippen molar-refractivity contribution in [1.82, 2.24) is 9.78 Å². The van der Waals surface area contributed by atoms with E-state index < -0.39 is 4.92 Å². The first kappa shape index (κ1) is 12.1. The summed E-state index contributed by atoms with van der Waals surface area (Å²) in [5, 5.41) is 15.0. The Morgan fingerprint density at radius 1 is 1.22 bits per heavy atom. The molecule has 0 saturated carbocycles. The number of hydrogen-bond donors (Lipinski definition) is 1. The van der Waals surface area contributed by atoms with Crippen molar-refractivity contribution < 1.29 is 4.92 Å². The van der Waals surface area contributed by atoms with Gasteiger partial charge in [-0.15, -0.1) is 0 Å². The van der Waals surface area contributed by atoms with E-state index in [1.165, 1.54) is 4.68 Å². The van der Waals surface area contributed by atoms with E-state index >= 15 is 0 Å². The lowest BCUT2D eigenvalue weighted by atomic mass is 10.1. The smallest absolute Gasteiger partial charge is 0.333 e. The van der Waals surface area contributed by atoms with Crippen molar-refractivity contribution in [2.45, 2.75) is 20.8 Å². The zero-order valence-corrected chi connectivity index (χ0v) is 10.5. The number of anilines is 1. The molecule has 0 fully saturated rings. The molecule has 1 aromatic carbocycles. The zero-order chi connectivity index (χ0) is 13.4. The van der Waals surface area contributed by atoms with Crippen LogP contribution in [0.5, 0.6) is 0 Å². The van der Waals surface area contributed by atoms with Gasteiger partial charge in [0.25, 0.3) is 0 Å². The second-order valence-corrected chi connectivity index (χ2v) is 4.33. The number of benzene rings is 1. The van der Waals surface area contributed by atoms with E-state index in [1.807, 2.05) is 32.0 Å². The summed E-state index contributed by atoms with van der Waals surface area (Å²) in [5.74, 6) is 0.0579. The van der Waals surface area contributed by atoms with Crippen molar-refractivity contribution in [2.24, 2.45) is 0 Å². The lowest BCUT2D eigenvalue weighted by molar-refractivity contribution is -0.384. The van der Waals surface area contributed by atoms with Crippen LogP contribution in [-0.2, 0) is 0 Å². The van der Waals surface area contributed by atoms with Crippen molar-refractivity contribution in [1.29, 1.82) is 0 Å². The Labute approximate surface area is 104 Å². The van der Waals surface area contributed by atoms with Gasteiger partial charge in [-0.1, -0.05) is 6.07 Å². The number of nitrogen functional groups attached to an aromatic ring is 1. The largest absolute Gasteiger partial charge is 0.378 e. The number of hydrogen-bond acceptors (Lipinski definition) is 4. The number of nitro groups is 1. The highest BCUT2D eigenvalue weighted by atomic mass is 16.6. The van der Waals surface area contributed by atoms with Crippen LogP contribution in [0.25, 0.3) is 5.69 Å². The Morgan fingerprint density at radius 2 is 1.78 bits per heavy atom. The average molecular weight is 246 g/mol. The van der Waals surface area contributed by atoms with Gasteiger partial charge in [0.2, 0.25) is 5.82 Å². The molecule has 1 heterocycles. The highest BCUT2D eigenvalue weighted by Crippen LogP contribution is 2.28. The molecule has 0 radical (unpaired) electrons. The van der Waals surface area contributed by atoms with Crippen LogP contribution in [0.4, 0.5) is 11.5 Å². The summed E-state index contributed by atoms with van der Waals surface area (Å²) in [5.41, 5.74) is 8.83. The lowest BCUT2D eigenvalue weighted by Crippen LogP contribution is -2.03. The molecule has 0 unspecified atom stereocenters. The third-order valence-corrected chi connectivity index (χ3v) is 2.70. The molecular weight excluding hydrogens is 232 g/mol. The Bertz CT molecular complexity index is 611. The van der Waals surface area contributed by atoms with Crippen LogP contribution in [0.2, 0.25) is 0 Å². The molecule has 0 aliphatic rings. The standard InChI is InChI=1S/C12H14N4O2/c1-7-4-8(2)6-10(5-7)15-12(13)11(16(17)18)9(3)14-15/h4-6H,13H2,1-3H3. The van der Waals surface area contributed by atoms with Crippen LogP contribution < -0.4 is 5.73 Å². The van der Waals surface area contributed by atoms with Crippen LogP contribution in [-0.4, -0.2) is 14.7 Å². The molecule has 2 rings (SSSR count). The number of nitrogens with two attached hydrogens (primary N) is 1. The van der Waals surface area contributed by atoms with Crippen LogP contribution in [0, 0.1) is 30.9 Å². The molecule has 0 aliphatic heterocycles. The fraction of sp³-hybridized carbons (Fsp3) is 0.250. The topological polar surface area (TPSA) is 87.0 Å². The molecule has 0 saturated heterocycles. The van der Waals surface area contributed by atoms with Crippen molar-refractivity contribution >= 4 is 11.5 Å². The number of rotatable bonds is 2. The predicted molar refractivity (Wildman–Crippen MR) is 68.8 cm³/mol. The third-order valence-electron chi connectivity index (χ3n) is 2.70. The summed E-state index contributed by atoms with van der Waals surface area (Å²) in [6.45, 7) is 5.49. The SMILES string of the molecule is Cc1cc(C)cc(-n2nc(C)c([N+](=O)[O-])c2N)c1. The second kappa shape index (κ2) is 4.14. The zero-order valence-electron chi connectivity index (χ0n) is 10.5. The lowest BCUT2D eigenvalue weighted by Gasteiger charge is -2.06. The molecule has 0 bridgehead atoms. The summed E-state index contributed by atoms with van der Waals surface area (Å²) in [7, 11) is 0. The van der Waals surface area contributed by atoms with Gasteiger partial charge in [-0.05, 0) is 44.0 Å². The molecule has 0 amide bonds. The van der Waals surface area contributed by atoms with Crippen LogP contribution in [0.3, 0.4) is 0 Å². The van der Waals surface area contributed by atoms with Crippen LogP contribution in [0.15, 0.2) is 18.2 Å². The van der Waals surface area contributed by atoms with Crippen molar-refractivity contribution in [3.8, 4) is 5.69 Å². The first-order valence-electron chi connectivity index (χ1n) is 5.48. The molecule has 6 heteroatoms. The van der Waals surface area contributed by atoms with Gasteiger partial charge in [0.15, 0.2) is 0 Å². The van der Waals surface area contributed by atoms with Gasteiger partial charge < -0.3 is 5.73 Å². The van der Waals surface area contributed by atoms with E-state index in [-0.39, 0.29) is 11.5 Å². The van der Waals surface area contributed by atoms with Crippen LogP contribution in [0.1, 0.15) is 16.8 Å². The Balaban J connectivity index is 2.65. The van der Waals surface area contributed by atoms with Gasteiger partial charge in [-0.3, -0.25) is 10.1 Å². The molecule has 18 heavy (non-hydrogen) atoms. The number of aromatic nitrogens is 2. The highest BCUT2D eigenvalue weighted by Gasteiger charge is 2.23. The van der Waals surface area contributed by atoms with Gasteiger partial charge in [0.1, 0.15) is 5.69 Å². The highest BCUT2D eigenvalue weighted by molar-refractivity contribution is 5.60. The van der Waals surface area contributed by atoms with E-state index in [4.69, 9.17) is 5.73 Å².